The van der Waals surface area contributed by atoms with Crippen LogP contribution in [0.3, 0.4) is 0 Å². The number of ether oxygens (including phenoxy) is 2. The Bertz CT molecular complexity index is 297. The predicted octanol–water partition coefficient (Wildman–Crippen LogP) is 1.35. The molecule has 1 saturated carbocycles. The van der Waals surface area contributed by atoms with Crippen LogP contribution in [0.5, 0.6) is 0 Å². The minimum Gasteiger partial charge on any atom is -0.379 e. The fourth-order valence-corrected chi connectivity index (χ4v) is 3.03. The summed E-state index contributed by atoms with van der Waals surface area (Å²) in [6.45, 7) is 2.89. The van der Waals surface area contributed by atoms with Gasteiger partial charge in [-0.2, -0.15) is 0 Å². The lowest BCUT2D eigenvalue weighted by Crippen LogP contribution is -2.42. The van der Waals surface area contributed by atoms with Gasteiger partial charge < -0.3 is 20.5 Å². The molecule has 1 atom stereocenters. The van der Waals surface area contributed by atoms with Crippen LogP contribution < -0.4 is 11.1 Å². The topological polar surface area (TPSA) is 73.6 Å². The highest BCUT2D eigenvalue weighted by atomic mass is 16.5. The smallest absolute Gasteiger partial charge is 0.221 e. The number of amides is 1. The van der Waals surface area contributed by atoms with Crippen molar-refractivity contribution < 1.29 is 14.3 Å². The first-order valence-electron chi connectivity index (χ1n) is 7.93. The first-order valence-corrected chi connectivity index (χ1v) is 7.93. The van der Waals surface area contributed by atoms with Gasteiger partial charge in [-0.25, -0.2) is 0 Å². The van der Waals surface area contributed by atoms with Crippen molar-refractivity contribution in [3.05, 3.63) is 0 Å². The van der Waals surface area contributed by atoms with E-state index in [0.29, 0.717) is 26.2 Å². The largest absolute Gasteiger partial charge is 0.379 e. The quantitative estimate of drug-likeness (QED) is 0.660. The van der Waals surface area contributed by atoms with E-state index in [1.54, 1.807) is 0 Å². The van der Waals surface area contributed by atoms with Crippen molar-refractivity contribution in [3.63, 3.8) is 0 Å². The summed E-state index contributed by atoms with van der Waals surface area (Å²) in [5.41, 5.74) is 5.93. The second-order valence-electron chi connectivity index (χ2n) is 6.16. The molecule has 116 valence electrons. The fourth-order valence-electron chi connectivity index (χ4n) is 3.03. The molecule has 1 amide bonds. The maximum absolute atomic E-state index is 11.8. The number of hydrogen-bond acceptors (Lipinski definition) is 4. The lowest BCUT2D eigenvalue weighted by molar-refractivity contribution is -0.122. The molecular weight excluding hydrogens is 256 g/mol. The van der Waals surface area contributed by atoms with E-state index in [1.807, 2.05) is 0 Å². The molecule has 2 aliphatic rings. The van der Waals surface area contributed by atoms with E-state index >= 15 is 0 Å². The van der Waals surface area contributed by atoms with E-state index in [0.717, 1.165) is 51.6 Å². The van der Waals surface area contributed by atoms with Gasteiger partial charge in [0.05, 0.1) is 12.7 Å². The molecule has 2 rings (SSSR count). The Hall–Kier alpha value is -0.650. The van der Waals surface area contributed by atoms with Crippen LogP contribution in [0.15, 0.2) is 0 Å². The van der Waals surface area contributed by atoms with Gasteiger partial charge >= 0.3 is 0 Å². The Morgan fingerprint density at radius 3 is 2.85 bits per heavy atom. The Balaban J connectivity index is 1.45. The highest BCUT2D eigenvalue weighted by Crippen LogP contribution is 2.29. The van der Waals surface area contributed by atoms with Crippen LogP contribution >= 0.6 is 0 Å². The molecule has 1 heterocycles. The standard InChI is InChI=1S/C15H28N2O3/c16-15(6-1-2-7-15)11-14(18)17-8-4-9-19-12-13-5-3-10-20-13/h13H,1-12,16H2,(H,17,18). The Kier molecular flexibility index (Phi) is 6.26. The molecule has 1 unspecified atom stereocenters. The second kappa shape index (κ2) is 7.96. The summed E-state index contributed by atoms with van der Waals surface area (Å²) in [5.74, 6) is 0.0773. The third-order valence-corrected chi connectivity index (χ3v) is 4.23. The molecule has 1 aliphatic carbocycles. The first-order chi connectivity index (χ1) is 9.68. The van der Waals surface area contributed by atoms with Crippen LogP contribution in [0, 0.1) is 0 Å². The minimum absolute atomic E-state index is 0.0773. The SMILES string of the molecule is NC1(CC(=O)NCCCOCC2CCCO2)CCCC1. The lowest BCUT2D eigenvalue weighted by atomic mass is 9.94. The van der Waals surface area contributed by atoms with Gasteiger partial charge in [0.25, 0.3) is 0 Å². The molecule has 20 heavy (non-hydrogen) atoms. The zero-order valence-corrected chi connectivity index (χ0v) is 12.4. The molecule has 5 heteroatoms. The molecule has 5 nitrogen and oxygen atoms in total. The van der Waals surface area contributed by atoms with Crippen LogP contribution in [0.4, 0.5) is 0 Å². The number of hydrogen-bond donors (Lipinski definition) is 2. The summed E-state index contributed by atoms with van der Waals surface area (Å²) in [7, 11) is 0. The van der Waals surface area contributed by atoms with Gasteiger partial charge in [-0.15, -0.1) is 0 Å². The average molecular weight is 284 g/mol. The van der Waals surface area contributed by atoms with Crippen molar-refractivity contribution in [2.45, 2.75) is 63.0 Å². The second-order valence-corrected chi connectivity index (χ2v) is 6.16. The van der Waals surface area contributed by atoms with Crippen LogP contribution in [0.25, 0.3) is 0 Å². The van der Waals surface area contributed by atoms with E-state index < -0.39 is 0 Å². The number of nitrogens with one attached hydrogen (secondary N) is 1. The molecule has 2 fully saturated rings. The van der Waals surface area contributed by atoms with Gasteiger partial charge in [-0.1, -0.05) is 12.8 Å². The van der Waals surface area contributed by atoms with Crippen molar-refractivity contribution in [2.24, 2.45) is 5.73 Å². The summed E-state index contributed by atoms with van der Waals surface area (Å²) in [6.07, 6.45) is 8.10. The van der Waals surface area contributed by atoms with Crippen molar-refractivity contribution in [1.29, 1.82) is 0 Å². The monoisotopic (exact) mass is 284 g/mol. The third kappa shape index (κ3) is 5.38. The average Bonchev–Trinajstić information content (AvgIpc) is 3.05. The van der Waals surface area contributed by atoms with Crippen LogP contribution in [-0.4, -0.2) is 43.9 Å². The van der Waals surface area contributed by atoms with E-state index in [2.05, 4.69) is 5.32 Å². The molecule has 0 aromatic rings. The van der Waals surface area contributed by atoms with E-state index in [-0.39, 0.29) is 17.6 Å². The normalized spacial score (nSPS) is 24.9. The zero-order chi connectivity index (χ0) is 14.3. The molecule has 0 bridgehead atoms. The molecular formula is C15H28N2O3. The zero-order valence-electron chi connectivity index (χ0n) is 12.4. The Morgan fingerprint density at radius 2 is 2.15 bits per heavy atom. The summed E-state index contributed by atoms with van der Waals surface area (Å²) in [5, 5.41) is 2.93. The fraction of sp³-hybridized carbons (Fsp3) is 0.933. The van der Waals surface area contributed by atoms with Crippen LogP contribution in [0.1, 0.15) is 51.4 Å². The van der Waals surface area contributed by atoms with E-state index in [1.165, 1.54) is 0 Å². The van der Waals surface area contributed by atoms with Gasteiger partial charge in [-0.05, 0) is 32.1 Å². The molecule has 0 radical (unpaired) electrons. The van der Waals surface area contributed by atoms with Crippen molar-refractivity contribution in [1.82, 2.24) is 5.32 Å². The van der Waals surface area contributed by atoms with Gasteiger partial charge in [-0.3, -0.25) is 4.79 Å². The number of rotatable bonds is 8. The Morgan fingerprint density at radius 1 is 1.35 bits per heavy atom. The van der Waals surface area contributed by atoms with E-state index in [4.69, 9.17) is 15.2 Å². The molecule has 1 saturated heterocycles. The van der Waals surface area contributed by atoms with Crippen molar-refractivity contribution in [3.8, 4) is 0 Å². The van der Waals surface area contributed by atoms with Crippen molar-refractivity contribution >= 4 is 5.91 Å². The molecule has 0 spiro atoms. The maximum Gasteiger partial charge on any atom is 0.221 e. The maximum atomic E-state index is 11.8. The highest BCUT2D eigenvalue weighted by molar-refractivity contribution is 5.77. The molecule has 0 aromatic carbocycles. The third-order valence-electron chi connectivity index (χ3n) is 4.23. The Labute approximate surface area is 121 Å². The summed E-state index contributed by atoms with van der Waals surface area (Å²) in [6, 6.07) is 0. The van der Waals surface area contributed by atoms with E-state index in [9.17, 15) is 4.79 Å². The van der Waals surface area contributed by atoms with Crippen LogP contribution in [-0.2, 0) is 14.3 Å². The first kappa shape index (κ1) is 15.7. The lowest BCUT2D eigenvalue weighted by Gasteiger charge is -2.22. The number of carbonyl (C=O) groups excluding carboxylic acids is 1. The highest BCUT2D eigenvalue weighted by Gasteiger charge is 2.31. The molecule has 3 N–H and O–H groups in total. The van der Waals surface area contributed by atoms with Crippen molar-refractivity contribution in [2.75, 3.05) is 26.4 Å². The van der Waals surface area contributed by atoms with Gasteiger partial charge in [0.1, 0.15) is 0 Å². The summed E-state index contributed by atoms with van der Waals surface area (Å²) >= 11 is 0. The van der Waals surface area contributed by atoms with Gasteiger partial charge in [0.2, 0.25) is 5.91 Å². The minimum atomic E-state index is -0.250. The van der Waals surface area contributed by atoms with Gasteiger partial charge in [0.15, 0.2) is 0 Å². The molecule has 1 aliphatic heterocycles. The van der Waals surface area contributed by atoms with Crippen LogP contribution in [0.2, 0.25) is 0 Å². The predicted molar refractivity (Wildman–Crippen MR) is 77.4 cm³/mol. The summed E-state index contributed by atoms with van der Waals surface area (Å²) < 4.78 is 11.0. The molecule has 0 aromatic heterocycles. The number of nitrogens with two attached hydrogens (primary N) is 1. The van der Waals surface area contributed by atoms with Gasteiger partial charge in [0, 0.05) is 31.7 Å². The summed E-state index contributed by atoms with van der Waals surface area (Å²) in [4.78, 5) is 11.8. The number of carbonyl (C=O) groups is 1.